The number of halogens is 1. The van der Waals surface area contributed by atoms with Gasteiger partial charge in [-0.05, 0) is 41.8 Å². The van der Waals surface area contributed by atoms with Crippen LogP contribution in [-0.4, -0.2) is 24.5 Å². The Bertz CT molecular complexity index is 857. The Labute approximate surface area is 139 Å². The summed E-state index contributed by atoms with van der Waals surface area (Å²) in [4.78, 5) is 15.4. The molecule has 4 nitrogen and oxygen atoms in total. The summed E-state index contributed by atoms with van der Waals surface area (Å²) in [5, 5.41) is 3.91. The number of H-pyrrole nitrogens is 1. The number of ether oxygens (including phenoxy) is 1. The second-order valence-electron chi connectivity index (χ2n) is 5.60. The van der Waals surface area contributed by atoms with Crippen LogP contribution in [0.25, 0.3) is 10.9 Å². The first kappa shape index (κ1) is 16.2. The first-order chi connectivity index (χ1) is 11.7. The van der Waals surface area contributed by atoms with Crippen LogP contribution in [0.5, 0.6) is 0 Å². The van der Waals surface area contributed by atoms with E-state index in [2.05, 4.69) is 10.3 Å². The number of aromatic nitrogens is 1. The highest BCUT2D eigenvalue weighted by Gasteiger charge is 2.11. The van der Waals surface area contributed by atoms with Gasteiger partial charge in [-0.1, -0.05) is 18.2 Å². The minimum atomic E-state index is -0.265. The van der Waals surface area contributed by atoms with Crippen molar-refractivity contribution >= 4 is 16.8 Å². The van der Waals surface area contributed by atoms with Crippen LogP contribution in [0.1, 0.15) is 21.5 Å². The Balaban J connectivity index is 1.64. The van der Waals surface area contributed by atoms with Crippen molar-refractivity contribution < 1.29 is 13.9 Å². The van der Waals surface area contributed by atoms with E-state index in [1.54, 1.807) is 19.2 Å². The lowest BCUT2D eigenvalue weighted by Gasteiger charge is -2.09. The van der Waals surface area contributed by atoms with Crippen LogP contribution in [-0.2, 0) is 17.8 Å². The number of hydrogen-bond acceptors (Lipinski definition) is 2. The summed E-state index contributed by atoms with van der Waals surface area (Å²) in [6.07, 6.45) is 2.53. The predicted octanol–water partition coefficient (Wildman–Crippen LogP) is 3.43. The molecule has 3 aromatic rings. The predicted molar refractivity (Wildman–Crippen MR) is 91.4 cm³/mol. The topological polar surface area (TPSA) is 54.1 Å². The molecule has 5 heteroatoms. The molecule has 1 heterocycles. The van der Waals surface area contributed by atoms with Crippen molar-refractivity contribution in [3.8, 4) is 0 Å². The van der Waals surface area contributed by atoms with Gasteiger partial charge in [0.25, 0.3) is 5.91 Å². The van der Waals surface area contributed by atoms with Gasteiger partial charge in [0.05, 0.1) is 6.61 Å². The smallest absolute Gasteiger partial charge is 0.251 e. The first-order valence-electron chi connectivity index (χ1n) is 7.79. The number of benzene rings is 2. The average Bonchev–Trinajstić information content (AvgIpc) is 2.97. The fraction of sp³-hybridized carbons (Fsp3) is 0.211. The molecule has 0 aliphatic heterocycles. The first-order valence-corrected chi connectivity index (χ1v) is 7.79. The van der Waals surface area contributed by atoms with E-state index in [0.29, 0.717) is 25.1 Å². The summed E-state index contributed by atoms with van der Waals surface area (Å²) in [7, 11) is 1.61. The van der Waals surface area contributed by atoms with Gasteiger partial charge in [0.15, 0.2) is 0 Å². The summed E-state index contributed by atoms with van der Waals surface area (Å²) in [6.45, 7) is 0.905. The van der Waals surface area contributed by atoms with Crippen molar-refractivity contribution in [2.45, 2.75) is 13.0 Å². The molecule has 124 valence electrons. The van der Waals surface area contributed by atoms with Crippen LogP contribution in [0.15, 0.2) is 48.7 Å². The molecule has 0 saturated carbocycles. The van der Waals surface area contributed by atoms with Crippen LogP contribution in [0.2, 0.25) is 0 Å². The molecule has 0 radical (unpaired) electrons. The van der Waals surface area contributed by atoms with E-state index in [9.17, 15) is 9.18 Å². The molecular formula is C19H19FN2O2. The summed E-state index contributed by atoms with van der Waals surface area (Å²) in [5.74, 6) is -0.382. The second kappa shape index (κ2) is 7.27. The molecule has 24 heavy (non-hydrogen) atoms. The monoisotopic (exact) mass is 326 g/mol. The molecular weight excluding hydrogens is 307 g/mol. The molecule has 2 N–H and O–H groups in total. The van der Waals surface area contributed by atoms with Crippen molar-refractivity contribution in [2.75, 3.05) is 13.7 Å². The lowest BCUT2D eigenvalue weighted by Crippen LogP contribution is -2.26. The van der Waals surface area contributed by atoms with Gasteiger partial charge >= 0.3 is 0 Å². The second-order valence-corrected chi connectivity index (χ2v) is 5.60. The maximum absolute atomic E-state index is 13.2. The molecule has 0 bridgehead atoms. The van der Waals surface area contributed by atoms with E-state index in [0.717, 1.165) is 22.0 Å². The average molecular weight is 326 g/mol. The molecule has 3 rings (SSSR count). The Morgan fingerprint density at radius 2 is 2.04 bits per heavy atom. The Morgan fingerprint density at radius 1 is 1.21 bits per heavy atom. The van der Waals surface area contributed by atoms with Crippen LogP contribution < -0.4 is 5.32 Å². The number of hydrogen-bond donors (Lipinski definition) is 2. The van der Waals surface area contributed by atoms with E-state index in [4.69, 9.17) is 4.74 Å². The van der Waals surface area contributed by atoms with Gasteiger partial charge in [-0.2, -0.15) is 0 Å². The van der Waals surface area contributed by atoms with Crippen molar-refractivity contribution in [1.29, 1.82) is 0 Å². The van der Waals surface area contributed by atoms with Crippen molar-refractivity contribution in [3.05, 3.63) is 71.2 Å². The standard InChI is InChI=1S/C19H19FN2O2/c1-24-12-14-4-2-3-5-17(14)19(23)21-9-8-13-11-22-18-10-15(20)6-7-16(13)18/h2-7,10-11,22H,8-9,12H2,1H3,(H,21,23). The van der Waals surface area contributed by atoms with Crippen LogP contribution in [0, 0.1) is 5.82 Å². The van der Waals surface area contributed by atoms with E-state index in [1.165, 1.54) is 12.1 Å². The highest BCUT2D eigenvalue weighted by Crippen LogP contribution is 2.19. The molecule has 0 aliphatic rings. The number of carbonyl (C=O) groups excluding carboxylic acids is 1. The van der Waals surface area contributed by atoms with E-state index < -0.39 is 0 Å². The molecule has 0 aliphatic carbocycles. The zero-order chi connectivity index (χ0) is 16.9. The van der Waals surface area contributed by atoms with Crippen LogP contribution >= 0.6 is 0 Å². The van der Waals surface area contributed by atoms with Gasteiger partial charge in [-0.25, -0.2) is 4.39 Å². The highest BCUT2D eigenvalue weighted by molar-refractivity contribution is 5.95. The molecule has 0 atom stereocenters. The Kier molecular flexibility index (Phi) is 4.91. The quantitative estimate of drug-likeness (QED) is 0.729. The van der Waals surface area contributed by atoms with Crippen LogP contribution in [0.4, 0.5) is 4.39 Å². The maximum atomic E-state index is 13.2. The minimum Gasteiger partial charge on any atom is -0.380 e. The summed E-state index contributed by atoms with van der Waals surface area (Å²) >= 11 is 0. The maximum Gasteiger partial charge on any atom is 0.251 e. The van der Waals surface area contributed by atoms with Gasteiger partial charge in [0.1, 0.15) is 5.82 Å². The van der Waals surface area contributed by atoms with E-state index in [1.807, 2.05) is 24.4 Å². The fourth-order valence-electron chi connectivity index (χ4n) is 2.79. The van der Waals surface area contributed by atoms with Crippen molar-refractivity contribution in [3.63, 3.8) is 0 Å². The summed E-state index contributed by atoms with van der Waals surface area (Å²) in [5.41, 5.74) is 3.30. The van der Waals surface area contributed by atoms with Crippen LogP contribution in [0.3, 0.4) is 0 Å². The van der Waals surface area contributed by atoms with Crippen molar-refractivity contribution in [1.82, 2.24) is 10.3 Å². The lowest BCUT2D eigenvalue weighted by atomic mass is 10.1. The number of amides is 1. The Hall–Kier alpha value is -2.66. The molecule has 2 aromatic carbocycles. The van der Waals surface area contributed by atoms with Crippen molar-refractivity contribution in [2.24, 2.45) is 0 Å². The number of fused-ring (bicyclic) bond motifs is 1. The molecule has 0 unspecified atom stereocenters. The number of aromatic amines is 1. The summed E-state index contributed by atoms with van der Waals surface area (Å²) < 4.78 is 18.3. The lowest BCUT2D eigenvalue weighted by molar-refractivity contribution is 0.0949. The number of rotatable bonds is 6. The summed E-state index contributed by atoms with van der Waals surface area (Å²) in [6, 6.07) is 12.1. The van der Waals surface area contributed by atoms with Gasteiger partial charge in [-0.3, -0.25) is 4.79 Å². The molecule has 0 spiro atoms. The van der Waals surface area contributed by atoms with E-state index >= 15 is 0 Å². The van der Waals surface area contributed by atoms with Gasteiger partial charge in [0.2, 0.25) is 0 Å². The largest absolute Gasteiger partial charge is 0.380 e. The third kappa shape index (κ3) is 3.46. The van der Waals surface area contributed by atoms with Gasteiger partial charge in [0, 0.05) is 36.3 Å². The van der Waals surface area contributed by atoms with E-state index in [-0.39, 0.29) is 11.7 Å². The molecule has 1 amide bonds. The Morgan fingerprint density at radius 3 is 2.88 bits per heavy atom. The van der Waals surface area contributed by atoms with Gasteiger partial charge in [-0.15, -0.1) is 0 Å². The number of carbonyl (C=O) groups is 1. The zero-order valence-corrected chi connectivity index (χ0v) is 13.4. The fourth-order valence-corrected chi connectivity index (χ4v) is 2.79. The SMILES string of the molecule is COCc1ccccc1C(=O)NCCc1c[nH]c2cc(F)ccc12. The highest BCUT2D eigenvalue weighted by atomic mass is 19.1. The molecule has 1 aromatic heterocycles. The number of nitrogens with one attached hydrogen (secondary N) is 2. The molecule has 0 fully saturated rings. The minimum absolute atomic E-state index is 0.117. The normalized spacial score (nSPS) is 10.9. The van der Waals surface area contributed by atoms with Gasteiger partial charge < -0.3 is 15.0 Å². The number of methoxy groups -OCH3 is 1. The third-order valence-corrected chi connectivity index (χ3v) is 3.97. The molecule has 0 saturated heterocycles. The zero-order valence-electron chi connectivity index (χ0n) is 13.4. The third-order valence-electron chi connectivity index (χ3n) is 3.97.